The van der Waals surface area contributed by atoms with Gasteiger partial charge in [0.15, 0.2) is 0 Å². The van der Waals surface area contributed by atoms with E-state index in [1.807, 2.05) is 7.05 Å². The number of hydrogen-bond donors (Lipinski definition) is 1. The van der Waals surface area contributed by atoms with Crippen LogP contribution < -0.4 is 5.32 Å². The van der Waals surface area contributed by atoms with Crippen LogP contribution in [0.5, 0.6) is 0 Å². The first-order chi connectivity index (χ1) is 8.81. The normalized spacial score (nSPS) is 21.1. The van der Waals surface area contributed by atoms with Gasteiger partial charge in [0, 0.05) is 17.1 Å². The SMILES string of the molecule is CNC(CCCC1CCCO1)c1ccccc1Br. The van der Waals surface area contributed by atoms with E-state index in [1.165, 1.54) is 42.1 Å². The monoisotopic (exact) mass is 311 g/mol. The van der Waals surface area contributed by atoms with E-state index in [9.17, 15) is 0 Å². The Labute approximate surface area is 118 Å². The van der Waals surface area contributed by atoms with Gasteiger partial charge in [0.05, 0.1) is 6.10 Å². The highest BCUT2D eigenvalue weighted by molar-refractivity contribution is 9.10. The average molecular weight is 312 g/mol. The summed E-state index contributed by atoms with van der Waals surface area (Å²) in [5, 5.41) is 3.41. The molecule has 0 aromatic heterocycles. The smallest absolute Gasteiger partial charge is 0.0576 e. The van der Waals surface area contributed by atoms with Crippen LogP contribution in [0.15, 0.2) is 28.7 Å². The molecular formula is C15H22BrNO. The maximum Gasteiger partial charge on any atom is 0.0576 e. The molecule has 2 unspecified atom stereocenters. The van der Waals surface area contributed by atoms with E-state index < -0.39 is 0 Å². The Kier molecular flexibility index (Phi) is 5.67. The molecule has 0 bridgehead atoms. The van der Waals surface area contributed by atoms with Crippen LogP contribution in [0.4, 0.5) is 0 Å². The second-order valence-corrected chi connectivity index (χ2v) is 5.78. The van der Waals surface area contributed by atoms with Gasteiger partial charge in [0.25, 0.3) is 0 Å². The fourth-order valence-corrected chi connectivity index (χ4v) is 3.20. The first-order valence-electron chi connectivity index (χ1n) is 6.84. The Balaban J connectivity index is 1.83. The van der Waals surface area contributed by atoms with Crippen molar-refractivity contribution in [3.63, 3.8) is 0 Å². The maximum atomic E-state index is 5.67. The number of rotatable bonds is 6. The molecule has 0 aliphatic carbocycles. The zero-order chi connectivity index (χ0) is 12.8. The van der Waals surface area contributed by atoms with E-state index in [0.717, 1.165) is 6.61 Å². The van der Waals surface area contributed by atoms with Crippen molar-refractivity contribution in [2.45, 2.75) is 44.2 Å². The van der Waals surface area contributed by atoms with Gasteiger partial charge in [-0.3, -0.25) is 0 Å². The minimum Gasteiger partial charge on any atom is -0.378 e. The zero-order valence-corrected chi connectivity index (χ0v) is 12.6. The molecule has 1 aliphatic heterocycles. The summed E-state index contributed by atoms with van der Waals surface area (Å²) in [5.41, 5.74) is 1.35. The number of nitrogens with one attached hydrogen (secondary N) is 1. The van der Waals surface area contributed by atoms with Crippen molar-refractivity contribution >= 4 is 15.9 Å². The number of halogens is 1. The van der Waals surface area contributed by atoms with Crippen LogP contribution in [0.3, 0.4) is 0 Å². The highest BCUT2D eigenvalue weighted by Crippen LogP contribution is 2.27. The number of ether oxygens (including phenoxy) is 1. The summed E-state index contributed by atoms with van der Waals surface area (Å²) < 4.78 is 6.86. The quantitative estimate of drug-likeness (QED) is 0.855. The molecule has 1 heterocycles. The summed E-state index contributed by atoms with van der Waals surface area (Å²) >= 11 is 3.63. The largest absolute Gasteiger partial charge is 0.378 e. The molecule has 1 saturated heterocycles. The van der Waals surface area contributed by atoms with Gasteiger partial charge in [-0.2, -0.15) is 0 Å². The molecule has 3 heteroatoms. The van der Waals surface area contributed by atoms with Gasteiger partial charge in [0.1, 0.15) is 0 Å². The van der Waals surface area contributed by atoms with Crippen molar-refractivity contribution in [3.05, 3.63) is 34.3 Å². The third kappa shape index (κ3) is 3.81. The molecule has 2 atom stereocenters. The maximum absolute atomic E-state index is 5.67. The first kappa shape index (κ1) is 14.0. The molecular weight excluding hydrogens is 290 g/mol. The number of hydrogen-bond acceptors (Lipinski definition) is 2. The fraction of sp³-hybridized carbons (Fsp3) is 0.600. The molecule has 1 fully saturated rings. The topological polar surface area (TPSA) is 21.3 Å². The molecule has 0 saturated carbocycles. The highest BCUT2D eigenvalue weighted by Gasteiger charge is 2.17. The second-order valence-electron chi connectivity index (χ2n) is 4.93. The van der Waals surface area contributed by atoms with Crippen molar-refractivity contribution < 1.29 is 4.74 Å². The second kappa shape index (κ2) is 7.27. The van der Waals surface area contributed by atoms with Crippen molar-refractivity contribution in [1.82, 2.24) is 5.32 Å². The molecule has 100 valence electrons. The minimum absolute atomic E-state index is 0.432. The number of benzene rings is 1. The summed E-state index contributed by atoms with van der Waals surface area (Å²) in [5.74, 6) is 0. The van der Waals surface area contributed by atoms with Gasteiger partial charge in [0.2, 0.25) is 0 Å². The zero-order valence-electron chi connectivity index (χ0n) is 11.0. The molecule has 2 rings (SSSR count). The van der Waals surface area contributed by atoms with Crippen molar-refractivity contribution in [2.24, 2.45) is 0 Å². The Hall–Kier alpha value is -0.380. The highest BCUT2D eigenvalue weighted by atomic mass is 79.9. The van der Waals surface area contributed by atoms with E-state index in [2.05, 4.69) is 45.5 Å². The van der Waals surface area contributed by atoms with Gasteiger partial charge in [-0.05, 0) is 50.8 Å². The molecule has 2 nitrogen and oxygen atoms in total. The predicted octanol–water partition coefficient (Wildman–Crippen LogP) is 4.06. The molecule has 1 aromatic carbocycles. The van der Waals surface area contributed by atoms with Gasteiger partial charge in [-0.1, -0.05) is 34.1 Å². The predicted molar refractivity (Wildman–Crippen MR) is 78.8 cm³/mol. The van der Waals surface area contributed by atoms with Crippen LogP contribution in [0.1, 0.15) is 43.7 Å². The van der Waals surface area contributed by atoms with Crippen molar-refractivity contribution in [2.75, 3.05) is 13.7 Å². The van der Waals surface area contributed by atoms with E-state index in [0.29, 0.717) is 12.1 Å². The molecule has 1 aliphatic rings. The molecule has 1 N–H and O–H groups in total. The van der Waals surface area contributed by atoms with Crippen LogP contribution in [0.2, 0.25) is 0 Å². The van der Waals surface area contributed by atoms with E-state index in [1.54, 1.807) is 0 Å². The summed E-state index contributed by atoms with van der Waals surface area (Å²) in [6.45, 7) is 0.963. The summed E-state index contributed by atoms with van der Waals surface area (Å²) in [7, 11) is 2.04. The lowest BCUT2D eigenvalue weighted by molar-refractivity contribution is 0.101. The van der Waals surface area contributed by atoms with Gasteiger partial charge in [-0.15, -0.1) is 0 Å². The average Bonchev–Trinajstić information content (AvgIpc) is 2.89. The molecule has 18 heavy (non-hydrogen) atoms. The molecule has 0 amide bonds. The first-order valence-corrected chi connectivity index (χ1v) is 7.64. The minimum atomic E-state index is 0.432. The van der Waals surface area contributed by atoms with Crippen LogP contribution in [-0.4, -0.2) is 19.8 Å². The Morgan fingerprint density at radius 1 is 1.44 bits per heavy atom. The third-order valence-electron chi connectivity index (χ3n) is 3.67. The molecule has 0 spiro atoms. The van der Waals surface area contributed by atoms with E-state index in [-0.39, 0.29) is 0 Å². The lowest BCUT2D eigenvalue weighted by Gasteiger charge is -2.19. The lowest BCUT2D eigenvalue weighted by Crippen LogP contribution is -2.17. The Morgan fingerprint density at radius 2 is 2.28 bits per heavy atom. The fourth-order valence-electron chi connectivity index (χ4n) is 2.63. The van der Waals surface area contributed by atoms with Crippen molar-refractivity contribution in [1.29, 1.82) is 0 Å². The van der Waals surface area contributed by atoms with Gasteiger partial charge in [-0.25, -0.2) is 0 Å². The van der Waals surface area contributed by atoms with Crippen LogP contribution >= 0.6 is 15.9 Å². The molecule has 1 aromatic rings. The van der Waals surface area contributed by atoms with Gasteiger partial charge >= 0.3 is 0 Å². The van der Waals surface area contributed by atoms with E-state index in [4.69, 9.17) is 4.74 Å². The van der Waals surface area contributed by atoms with Crippen LogP contribution in [-0.2, 0) is 4.74 Å². The Morgan fingerprint density at radius 3 is 2.94 bits per heavy atom. The third-order valence-corrected chi connectivity index (χ3v) is 4.39. The van der Waals surface area contributed by atoms with E-state index >= 15 is 0 Å². The molecule has 0 radical (unpaired) electrons. The van der Waals surface area contributed by atoms with Crippen molar-refractivity contribution in [3.8, 4) is 0 Å². The Bertz CT molecular complexity index is 363. The summed E-state index contributed by atoms with van der Waals surface area (Å²) in [4.78, 5) is 0. The van der Waals surface area contributed by atoms with Crippen LogP contribution in [0, 0.1) is 0 Å². The summed E-state index contributed by atoms with van der Waals surface area (Å²) in [6.07, 6.45) is 6.59. The lowest BCUT2D eigenvalue weighted by atomic mass is 9.99. The standard InChI is InChI=1S/C15H22BrNO/c1-17-15(13-8-2-3-9-14(13)16)10-4-6-12-7-5-11-18-12/h2-3,8-9,12,15,17H,4-7,10-11H2,1H3. The summed E-state index contributed by atoms with van der Waals surface area (Å²) in [6, 6.07) is 8.90. The van der Waals surface area contributed by atoms with Crippen LogP contribution in [0.25, 0.3) is 0 Å². The van der Waals surface area contributed by atoms with Gasteiger partial charge < -0.3 is 10.1 Å².